The maximum Gasteiger partial charge on any atom is 0.0731 e. The quantitative estimate of drug-likeness (QED) is 0.886. The van der Waals surface area contributed by atoms with Crippen LogP contribution in [-0.2, 0) is 4.74 Å². The Bertz CT molecular complexity index is 381. The number of fused-ring (bicyclic) bond motifs is 1. The predicted molar refractivity (Wildman–Crippen MR) is 72.3 cm³/mol. The van der Waals surface area contributed by atoms with Crippen molar-refractivity contribution in [2.24, 2.45) is 5.73 Å². The molecule has 98 valence electrons. The molecular weight excluding hydrogens is 224 g/mol. The molecule has 0 radical (unpaired) electrons. The highest BCUT2D eigenvalue weighted by Crippen LogP contribution is 2.34. The molecular formula is C15H22N2O. The molecule has 2 N–H and O–H groups in total. The van der Waals surface area contributed by atoms with Gasteiger partial charge in [-0.2, -0.15) is 0 Å². The molecule has 3 atom stereocenters. The Hall–Kier alpha value is -0.900. The summed E-state index contributed by atoms with van der Waals surface area (Å²) >= 11 is 0. The van der Waals surface area contributed by atoms with Gasteiger partial charge < -0.3 is 10.5 Å². The van der Waals surface area contributed by atoms with Crippen LogP contribution in [0.2, 0.25) is 0 Å². The second kappa shape index (κ2) is 5.39. The van der Waals surface area contributed by atoms with Crippen LogP contribution in [0.4, 0.5) is 0 Å². The average molecular weight is 246 g/mol. The lowest BCUT2D eigenvalue weighted by Crippen LogP contribution is -2.51. The van der Waals surface area contributed by atoms with E-state index in [4.69, 9.17) is 10.5 Å². The van der Waals surface area contributed by atoms with Gasteiger partial charge in [0.2, 0.25) is 0 Å². The van der Waals surface area contributed by atoms with Crippen LogP contribution in [0.5, 0.6) is 0 Å². The Morgan fingerprint density at radius 1 is 1.28 bits per heavy atom. The molecule has 1 aromatic carbocycles. The number of rotatable bonds is 3. The van der Waals surface area contributed by atoms with Crippen LogP contribution in [0, 0.1) is 0 Å². The van der Waals surface area contributed by atoms with Crippen molar-refractivity contribution in [3.05, 3.63) is 35.9 Å². The monoisotopic (exact) mass is 246 g/mol. The normalized spacial score (nSPS) is 30.1. The smallest absolute Gasteiger partial charge is 0.0731 e. The highest BCUT2D eigenvalue weighted by molar-refractivity contribution is 5.20. The van der Waals surface area contributed by atoms with Gasteiger partial charge in [-0.25, -0.2) is 0 Å². The molecule has 1 aromatic rings. The fraction of sp³-hybridized carbons (Fsp3) is 0.600. The molecule has 3 heteroatoms. The molecule has 0 amide bonds. The van der Waals surface area contributed by atoms with E-state index in [1.165, 1.54) is 24.8 Å². The summed E-state index contributed by atoms with van der Waals surface area (Å²) in [7, 11) is 0. The minimum atomic E-state index is 0.348. The third kappa shape index (κ3) is 2.18. The Morgan fingerprint density at radius 2 is 2.11 bits per heavy atom. The van der Waals surface area contributed by atoms with Crippen molar-refractivity contribution in [3.63, 3.8) is 0 Å². The Balaban J connectivity index is 1.82. The molecule has 0 spiro atoms. The molecule has 1 heterocycles. The molecule has 1 aliphatic heterocycles. The Labute approximate surface area is 109 Å². The molecule has 18 heavy (non-hydrogen) atoms. The number of morpholine rings is 1. The van der Waals surface area contributed by atoms with Crippen LogP contribution in [0.15, 0.2) is 30.3 Å². The molecule has 3 rings (SSSR count). The van der Waals surface area contributed by atoms with E-state index in [1.54, 1.807) is 0 Å². The SMILES string of the molecule is NCC(c1ccccc1)N1CCOC2CCCC21. The van der Waals surface area contributed by atoms with Crippen molar-refractivity contribution in [1.82, 2.24) is 4.90 Å². The molecule has 2 fully saturated rings. The first-order valence-electron chi connectivity index (χ1n) is 7.02. The zero-order valence-corrected chi connectivity index (χ0v) is 10.8. The third-order valence-corrected chi connectivity index (χ3v) is 4.33. The number of nitrogens with zero attached hydrogens (tertiary/aromatic N) is 1. The van der Waals surface area contributed by atoms with Crippen LogP contribution in [0.1, 0.15) is 30.9 Å². The van der Waals surface area contributed by atoms with Crippen LogP contribution in [0.25, 0.3) is 0 Å². The van der Waals surface area contributed by atoms with E-state index >= 15 is 0 Å². The van der Waals surface area contributed by atoms with Crippen molar-refractivity contribution in [3.8, 4) is 0 Å². The maximum atomic E-state index is 6.04. The first-order valence-corrected chi connectivity index (χ1v) is 7.02. The van der Waals surface area contributed by atoms with Gasteiger partial charge in [-0.1, -0.05) is 30.3 Å². The van der Waals surface area contributed by atoms with Gasteiger partial charge in [-0.05, 0) is 24.8 Å². The fourth-order valence-corrected chi connectivity index (χ4v) is 3.48. The van der Waals surface area contributed by atoms with Gasteiger partial charge in [0.05, 0.1) is 12.7 Å². The van der Waals surface area contributed by atoms with E-state index < -0.39 is 0 Å². The van der Waals surface area contributed by atoms with Gasteiger partial charge in [0, 0.05) is 25.2 Å². The first kappa shape index (κ1) is 12.2. The summed E-state index contributed by atoms with van der Waals surface area (Å²) < 4.78 is 5.88. The molecule has 1 saturated carbocycles. The molecule has 1 saturated heterocycles. The zero-order chi connectivity index (χ0) is 12.4. The molecule has 3 unspecified atom stereocenters. The van der Waals surface area contributed by atoms with Crippen LogP contribution in [0.3, 0.4) is 0 Å². The minimum absolute atomic E-state index is 0.348. The van der Waals surface area contributed by atoms with Crippen molar-refractivity contribution in [2.45, 2.75) is 37.5 Å². The van der Waals surface area contributed by atoms with Gasteiger partial charge in [-0.3, -0.25) is 4.90 Å². The second-order valence-corrected chi connectivity index (χ2v) is 5.31. The van der Waals surface area contributed by atoms with Crippen LogP contribution < -0.4 is 5.73 Å². The van der Waals surface area contributed by atoms with Crippen molar-refractivity contribution in [1.29, 1.82) is 0 Å². The van der Waals surface area contributed by atoms with Gasteiger partial charge in [-0.15, -0.1) is 0 Å². The van der Waals surface area contributed by atoms with E-state index in [-0.39, 0.29) is 0 Å². The van der Waals surface area contributed by atoms with E-state index in [9.17, 15) is 0 Å². The van der Waals surface area contributed by atoms with E-state index in [0.717, 1.165) is 13.2 Å². The maximum absolute atomic E-state index is 6.04. The number of benzene rings is 1. The largest absolute Gasteiger partial charge is 0.375 e. The van der Waals surface area contributed by atoms with Gasteiger partial charge in [0.15, 0.2) is 0 Å². The summed E-state index contributed by atoms with van der Waals surface area (Å²) in [5.41, 5.74) is 7.38. The van der Waals surface area contributed by atoms with Crippen LogP contribution >= 0.6 is 0 Å². The number of ether oxygens (including phenoxy) is 1. The summed E-state index contributed by atoms with van der Waals surface area (Å²) in [6, 6.07) is 11.6. The van der Waals surface area contributed by atoms with Gasteiger partial charge in [0.1, 0.15) is 0 Å². The summed E-state index contributed by atoms with van der Waals surface area (Å²) in [6.07, 6.45) is 4.20. The highest BCUT2D eigenvalue weighted by Gasteiger charge is 2.39. The van der Waals surface area contributed by atoms with Crippen molar-refractivity contribution >= 4 is 0 Å². The van der Waals surface area contributed by atoms with Gasteiger partial charge >= 0.3 is 0 Å². The summed E-state index contributed by atoms with van der Waals surface area (Å²) in [5.74, 6) is 0. The lowest BCUT2D eigenvalue weighted by Gasteiger charge is -2.42. The average Bonchev–Trinajstić information content (AvgIpc) is 2.90. The molecule has 0 aromatic heterocycles. The first-order chi connectivity index (χ1) is 8.90. The standard InChI is InChI=1S/C15H22N2O/c16-11-14(12-5-2-1-3-6-12)17-9-10-18-15-8-4-7-13(15)17/h1-3,5-6,13-15H,4,7-11,16H2. The van der Waals surface area contributed by atoms with Crippen molar-refractivity contribution in [2.75, 3.05) is 19.7 Å². The van der Waals surface area contributed by atoms with E-state index in [2.05, 4.69) is 35.2 Å². The molecule has 2 aliphatic rings. The zero-order valence-electron chi connectivity index (χ0n) is 10.8. The Morgan fingerprint density at radius 3 is 2.89 bits per heavy atom. The molecule has 3 nitrogen and oxygen atoms in total. The summed E-state index contributed by atoms with van der Waals surface area (Å²) in [6.45, 7) is 2.55. The number of hydrogen-bond acceptors (Lipinski definition) is 3. The topological polar surface area (TPSA) is 38.5 Å². The van der Waals surface area contributed by atoms with E-state index in [1.807, 2.05) is 0 Å². The van der Waals surface area contributed by atoms with E-state index in [0.29, 0.717) is 24.7 Å². The predicted octanol–water partition coefficient (Wildman–Crippen LogP) is 1.94. The highest BCUT2D eigenvalue weighted by atomic mass is 16.5. The van der Waals surface area contributed by atoms with Crippen molar-refractivity contribution < 1.29 is 4.74 Å². The Kier molecular flexibility index (Phi) is 3.64. The fourth-order valence-electron chi connectivity index (χ4n) is 3.48. The molecule has 0 bridgehead atoms. The third-order valence-electron chi connectivity index (χ3n) is 4.33. The summed E-state index contributed by atoms with van der Waals surface area (Å²) in [4.78, 5) is 2.58. The summed E-state index contributed by atoms with van der Waals surface area (Å²) in [5, 5.41) is 0. The lowest BCUT2D eigenvalue weighted by atomic mass is 10.0. The van der Waals surface area contributed by atoms with Crippen LogP contribution in [-0.4, -0.2) is 36.7 Å². The van der Waals surface area contributed by atoms with Gasteiger partial charge in [0.25, 0.3) is 0 Å². The second-order valence-electron chi connectivity index (χ2n) is 5.31. The minimum Gasteiger partial charge on any atom is -0.375 e. The number of hydrogen-bond donors (Lipinski definition) is 1. The lowest BCUT2D eigenvalue weighted by molar-refractivity contribution is -0.0711. The number of nitrogens with two attached hydrogens (primary N) is 1. The molecule has 1 aliphatic carbocycles.